The molecule has 0 bridgehead atoms. The molecule has 4 rings (SSSR count). The molecule has 2 aliphatic rings. The van der Waals surface area contributed by atoms with Gasteiger partial charge in [0, 0.05) is 45.9 Å². The van der Waals surface area contributed by atoms with Crippen molar-refractivity contribution in [2.24, 2.45) is 17.8 Å². The van der Waals surface area contributed by atoms with Crippen LogP contribution in [-0.2, 0) is 46.3 Å². The molecule has 0 spiro atoms. The Hall–Kier alpha value is -4.74. The topological polar surface area (TPSA) is 145 Å². The fourth-order valence-corrected chi connectivity index (χ4v) is 7.18. The van der Waals surface area contributed by atoms with E-state index in [1.54, 1.807) is 14.1 Å². The fraction of sp³-hybridized carbons (Fsp3) is 0.550. The molecule has 2 aliphatic heterocycles. The standard InChI is InChI=1S/C40H55N5O7/c1-8-26(4)35-40(51)45-22-20-27(5)34(45)37(48)42-30(23-28-15-11-9-12-16-28)38(49)44(7)33(25(2)3)39(50)43(6)31(24-29-17-13-10-14-18-29)36(47)41-21-19-32(46)52-35/h9-18,25-27,30-31,33-35H,8,19-24H2,1-7H3,(H,41,47)(H,42,48). The van der Waals surface area contributed by atoms with E-state index in [1.807, 2.05) is 95.3 Å². The first kappa shape index (κ1) is 40.0. The highest BCUT2D eigenvalue weighted by Crippen LogP contribution is 2.28. The Morgan fingerprint density at radius 3 is 1.96 bits per heavy atom. The Morgan fingerprint density at radius 1 is 0.788 bits per heavy atom. The maximum atomic E-state index is 14.5. The lowest BCUT2D eigenvalue weighted by molar-refractivity contribution is -0.165. The largest absolute Gasteiger partial charge is 0.452 e. The SMILES string of the molecule is CCC(C)C1OC(=O)CCNC(=O)C(Cc2ccccc2)N(C)C(=O)C(C(C)C)N(C)C(=O)C(Cc2ccccc2)NC(=O)C2C(C)CCN2C1=O. The van der Waals surface area contributed by atoms with Crippen molar-refractivity contribution < 1.29 is 33.5 Å². The van der Waals surface area contributed by atoms with Crippen LogP contribution in [0.15, 0.2) is 60.7 Å². The number of nitrogens with one attached hydrogen (secondary N) is 2. The van der Waals surface area contributed by atoms with E-state index in [-0.39, 0.29) is 50.1 Å². The van der Waals surface area contributed by atoms with Crippen LogP contribution in [0, 0.1) is 17.8 Å². The van der Waals surface area contributed by atoms with Gasteiger partial charge in [0.1, 0.15) is 24.2 Å². The molecule has 52 heavy (non-hydrogen) atoms. The Bertz CT molecular complexity index is 1570. The van der Waals surface area contributed by atoms with Gasteiger partial charge in [-0.1, -0.05) is 95.3 Å². The molecule has 2 heterocycles. The number of nitrogens with zero attached hydrogens (tertiary/aromatic N) is 3. The van der Waals surface area contributed by atoms with Crippen LogP contribution in [0.1, 0.15) is 65.0 Å². The first-order valence-corrected chi connectivity index (χ1v) is 18.4. The van der Waals surface area contributed by atoms with E-state index >= 15 is 0 Å². The van der Waals surface area contributed by atoms with Gasteiger partial charge in [0.05, 0.1) is 6.42 Å². The normalized spacial score (nSPS) is 26.6. The summed E-state index contributed by atoms with van der Waals surface area (Å²) in [5, 5.41) is 5.76. The number of ether oxygens (including phenoxy) is 1. The summed E-state index contributed by atoms with van der Waals surface area (Å²) in [6.07, 6.45) is 0.0913. The molecule has 2 aromatic rings. The predicted octanol–water partition coefficient (Wildman–Crippen LogP) is 2.98. The third-order valence-corrected chi connectivity index (χ3v) is 10.5. The van der Waals surface area contributed by atoms with Gasteiger partial charge in [-0.25, -0.2) is 0 Å². The zero-order valence-corrected chi connectivity index (χ0v) is 31.5. The number of amides is 5. The maximum absolute atomic E-state index is 14.5. The number of hydrogen-bond donors (Lipinski definition) is 2. The zero-order chi connectivity index (χ0) is 38.1. The van der Waals surface area contributed by atoms with E-state index in [0.29, 0.717) is 12.8 Å². The van der Waals surface area contributed by atoms with Crippen LogP contribution in [0.25, 0.3) is 0 Å². The molecule has 5 amide bonds. The summed E-state index contributed by atoms with van der Waals surface area (Å²) in [6.45, 7) is 9.46. The van der Waals surface area contributed by atoms with Gasteiger partial charge in [-0.15, -0.1) is 0 Å². The quantitative estimate of drug-likeness (QED) is 0.419. The van der Waals surface area contributed by atoms with Crippen LogP contribution in [0.2, 0.25) is 0 Å². The van der Waals surface area contributed by atoms with Crippen molar-refractivity contribution in [3.8, 4) is 0 Å². The average molecular weight is 718 g/mol. The number of cyclic esters (lactones) is 1. The van der Waals surface area contributed by atoms with E-state index < -0.39 is 65.8 Å². The van der Waals surface area contributed by atoms with Crippen molar-refractivity contribution >= 4 is 35.5 Å². The Balaban J connectivity index is 1.78. The smallest absolute Gasteiger partial charge is 0.308 e. The fourth-order valence-electron chi connectivity index (χ4n) is 7.18. The highest BCUT2D eigenvalue weighted by Gasteiger charge is 2.45. The minimum absolute atomic E-state index is 0.0780. The Kier molecular flexibility index (Phi) is 14.0. The number of hydrogen-bond acceptors (Lipinski definition) is 7. The van der Waals surface area contributed by atoms with E-state index in [2.05, 4.69) is 10.6 Å². The summed E-state index contributed by atoms with van der Waals surface area (Å²) >= 11 is 0. The van der Waals surface area contributed by atoms with Crippen molar-refractivity contribution in [2.45, 2.75) is 97.0 Å². The number of likely N-dealkylation sites (N-methyl/N-ethyl adjacent to an activating group) is 2. The third kappa shape index (κ3) is 9.57. The number of carbonyl (C=O) groups is 6. The van der Waals surface area contributed by atoms with Gasteiger partial charge in [0.25, 0.3) is 5.91 Å². The van der Waals surface area contributed by atoms with E-state index in [0.717, 1.165) is 11.1 Å². The van der Waals surface area contributed by atoms with Gasteiger partial charge < -0.3 is 30.1 Å². The average Bonchev–Trinajstić information content (AvgIpc) is 3.52. The first-order chi connectivity index (χ1) is 24.7. The second-order valence-electron chi connectivity index (χ2n) is 14.6. The van der Waals surface area contributed by atoms with Gasteiger partial charge in [-0.3, -0.25) is 28.8 Å². The van der Waals surface area contributed by atoms with Crippen LogP contribution in [0.5, 0.6) is 0 Å². The number of esters is 1. The third-order valence-electron chi connectivity index (χ3n) is 10.5. The molecule has 0 radical (unpaired) electrons. The van der Waals surface area contributed by atoms with Gasteiger partial charge in [0.2, 0.25) is 23.6 Å². The monoisotopic (exact) mass is 717 g/mol. The summed E-state index contributed by atoms with van der Waals surface area (Å²) in [5.74, 6) is -3.94. The molecule has 7 atom stereocenters. The molecule has 2 saturated heterocycles. The van der Waals surface area contributed by atoms with Gasteiger partial charge in [0.15, 0.2) is 6.10 Å². The van der Waals surface area contributed by atoms with Crippen LogP contribution >= 0.6 is 0 Å². The van der Waals surface area contributed by atoms with Crippen molar-refractivity contribution in [1.82, 2.24) is 25.3 Å². The molecule has 0 aliphatic carbocycles. The highest BCUT2D eigenvalue weighted by molar-refractivity contribution is 5.96. The summed E-state index contributed by atoms with van der Waals surface area (Å²) in [7, 11) is 3.09. The molecule has 12 nitrogen and oxygen atoms in total. The van der Waals surface area contributed by atoms with Crippen LogP contribution < -0.4 is 10.6 Å². The lowest BCUT2D eigenvalue weighted by Crippen LogP contribution is -2.61. The van der Waals surface area contributed by atoms with Crippen molar-refractivity contribution in [3.05, 3.63) is 71.8 Å². The highest BCUT2D eigenvalue weighted by atomic mass is 16.5. The van der Waals surface area contributed by atoms with Crippen molar-refractivity contribution in [2.75, 3.05) is 27.2 Å². The maximum Gasteiger partial charge on any atom is 0.308 e. The lowest BCUT2D eigenvalue weighted by atomic mass is 9.96. The van der Waals surface area contributed by atoms with Crippen molar-refractivity contribution in [1.29, 1.82) is 0 Å². The number of benzene rings is 2. The summed E-state index contributed by atoms with van der Waals surface area (Å²) in [5.41, 5.74) is 1.62. The Labute approximate surface area is 307 Å². The number of rotatable bonds is 7. The van der Waals surface area contributed by atoms with Gasteiger partial charge >= 0.3 is 5.97 Å². The number of carbonyl (C=O) groups excluding carboxylic acids is 6. The molecule has 2 fully saturated rings. The Morgan fingerprint density at radius 2 is 1.38 bits per heavy atom. The van der Waals surface area contributed by atoms with Crippen molar-refractivity contribution in [3.63, 3.8) is 0 Å². The van der Waals surface area contributed by atoms with E-state index in [9.17, 15) is 28.8 Å². The molecule has 12 heteroatoms. The minimum atomic E-state index is -1.13. The van der Waals surface area contributed by atoms with Crippen LogP contribution in [-0.4, -0.2) is 108 Å². The number of fused-ring (bicyclic) bond motifs is 1. The van der Waals surface area contributed by atoms with Crippen LogP contribution in [0.4, 0.5) is 0 Å². The predicted molar refractivity (Wildman–Crippen MR) is 196 cm³/mol. The molecule has 2 N–H and O–H groups in total. The molecule has 282 valence electrons. The zero-order valence-electron chi connectivity index (χ0n) is 31.5. The molecular formula is C40H55N5O7. The summed E-state index contributed by atoms with van der Waals surface area (Å²) in [6, 6.07) is 14.6. The van der Waals surface area contributed by atoms with Gasteiger partial charge in [-0.05, 0) is 35.8 Å². The molecule has 7 unspecified atom stereocenters. The summed E-state index contributed by atoms with van der Waals surface area (Å²) < 4.78 is 5.79. The van der Waals surface area contributed by atoms with Gasteiger partial charge in [-0.2, -0.15) is 0 Å². The second-order valence-corrected chi connectivity index (χ2v) is 14.6. The summed E-state index contributed by atoms with van der Waals surface area (Å²) in [4.78, 5) is 88.5. The minimum Gasteiger partial charge on any atom is -0.452 e. The van der Waals surface area contributed by atoms with E-state index in [1.165, 1.54) is 14.7 Å². The van der Waals surface area contributed by atoms with Crippen LogP contribution in [0.3, 0.4) is 0 Å². The molecular weight excluding hydrogens is 662 g/mol. The molecule has 2 aromatic carbocycles. The lowest BCUT2D eigenvalue weighted by Gasteiger charge is -2.38. The molecule has 0 aromatic heterocycles. The van der Waals surface area contributed by atoms with E-state index in [4.69, 9.17) is 4.74 Å². The first-order valence-electron chi connectivity index (χ1n) is 18.4. The second kappa shape index (κ2) is 18.1. The molecule has 0 saturated carbocycles.